The van der Waals surface area contributed by atoms with Gasteiger partial charge in [0.2, 0.25) is 5.82 Å². The van der Waals surface area contributed by atoms with Gasteiger partial charge in [-0.25, -0.2) is 9.67 Å². The molecular formula is C9H12N4O2. The van der Waals surface area contributed by atoms with Crippen molar-refractivity contribution in [3.63, 3.8) is 0 Å². The summed E-state index contributed by atoms with van der Waals surface area (Å²) >= 11 is 0. The molecule has 15 heavy (non-hydrogen) atoms. The van der Waals surface area contributed by atoms with Crippen molar-refractivity contribution in [1.82, 2.24) is 14.8 Å². The van der Waals surface area contributed by atoms with Gasteiger partial charge in [0.1, 0.15) is 6.33 Å². The Morgan fingerprint density at radius 1 is 1.67 bits per heavy atom. The van der Waals surface area contributed by atoms with Crippen molar-refractivity contribution in [2.24, 2.45) is 11.7 Å². The number of carbonyl (C=O) groups excluding carboxylic acids is 1. The topological polar surface area (TPSA) is 94.0 Å². The normalized spacial score (nSPS) is 24.6. The number of hydrogen-bond acceptors (Lipinski definition) is 4. The zero-order valence-corrected chi connectivity index (χ0v) is 8.08. The van der Waals surface area contributed by atoms with Gasteiger partial charge in [0.15, 0.2) is 0 Å². The van der Waals surface area contributed by atoms with Crippen molar-refractivity contribution < 1.29 is 9.90 Å². The van der Waals surface area contributed by atoms with Crippen LogP contribution in [-0.4, -0.2) is 32.4 Å². The van der Waals surface area contributed by atoms with Crippen LogP contribution >= 0.6 is 0 Å². The number of aliphatic hydroxyl groups is 1. The van der Waals surface area contributed by atoms with E-state index in [-0.39, 0.29) is 24.4 Å². The van der Waals surface area contributed by atoms with E-state index in [9.17, 15) is 4.79 Å². The van der Waals surface area contributed by atoms with Gasteiger partial charge in [-0.15, -0.1) is 5.10 Å². The van der Waals surface area contributed by atoms with Gasteiger partial charge >= 0.3 is 0 Å². The molecule has 0 fully saturated rings. The van der Waals surface area contributed by atoms with Crippen LogP contribution in [0.3, 0.4) is 0 Å². The van der Waals surface area contributed by atoms with Gasteiger partial charge in [-0.2, -0.15) is 0 Å². The standard InChI is InChI=1S/C9H12N4O2/c10-8(15)9-11-5-13(12-9)7-2-1-6(3-7)4-14/h1-2,5-7,14H,3-4H2,(H2,10,15)/t6-,7+/m1/s1. The molecule has 0 saturated carbocycles. The molecule has 0 bridgehead atoms. The number of hydrogen-bond donors (Lipinski definition) is 2. The molecule has 0 aliphatic heterocycles. The molecule has 80 valence electrons. The minimum atomic E-state index is -0.630. The lowest BCUT2D eigenvalue weighted by atomic mass is 10.1. The van der Waals surface area contributed by atoms with Crippen LogP contribution in [0.4, 0.5) is 0 Å². The van der Waals surface area contributed by atoms with E-state index in [0.717, 1.165) is 6.42 Å². The molecule has 6 nitrogen and oxygen atoms in total. The first-order chi connectivity index (χ1) is 7.20. The highest BCUT2D eigenvalue weighted by Crippen LogP contribution is 2.26. The smallest absolute Gasteiger partial charge is 0.288 e. The molecule has 6 heteroatoms. The van der Waals surface area contributed by atoms with Crippen LogP contribution in [0.2, 0.25) is 0 Å². The molecule has 1 aliphatic rings. The number of carbonyl (C=O) groups is 1. The predicted octanol–water partition coefficient (Wildman–Crippen LogP) is -0.514. The molecule has 0 unspecified atom stereocenters. The van der Waals surface area contributed by atoms with E-state index < -0.39 is 5.91 Å². The molecule has 0 saturated heterocycles. The fourth-order valence-electron chi connectivity index (χ4n) is 1.63. The van der Waals surface area contributed by atoms with Crippen molar-refractivity contribution in [2.75, 3.05) is 6.61 Å². The highest BCUT2D eigenvalue weighted by molar-refractivity contribution is 5.88. The van der Waals surface area contributed by atoms with E-state index >= 15 is 0 Å². The van der Waals surface area contributed by atoms with Gasteiger partial charge in [0, 0.05) is 12.5 Å². The summed E-state index contributed by atoms with van der Waals surface area (Å²) in [6.45, 7) is 0.129. The Bertz CT molecular complexity index is 399. The summed E-state index contributed by atoms with van der Waals surface area (Å²) < 4.78 is 1.59. The minimum Gasteiger partial charge on any atom is -0.396 e. The zero-order chi connectivity index (χ0) is 10.8. The summed E-state index contributed by atoms with van der Waals surface area (Å²) in [6.07, 6.45) is 6.14. The van der Waals surface area contributed by atoms with E-state index in [0.29, 0.717) is 0 Å². The predicted molar refractivity (Wildman–Crippen MR) is 51.9 cm³/mol. The third-order valence-corrected chi connectivity index (χ3v) is 2.45. The Morgan fingerprint density at radius 2 is 2.47 bits per heavy atom. The van der Waals surface area contributed by atoms with E-state index in [4.69, 9.17) is 10.8 Å². The summed E-state index contributed by atoms with van der Waals surface area (Å²) in [7, 11) is 0. The Hall–Kier alpha value is -1.69. The quantitative estimate of drug-likeness (QED) is 0.654. The van der Waals surface area contributed by atoms with Crippen molar-refractivity contribution >= 4 is 5.91 Å². The maximum Gasteiger partial charge on any atom is 0.288 e. The summed E-state index contributed by atoms with van der Waals surface area (Å²) in [4.78, 5) is 14.6. The Balaban J connectivity index is 2.11. The average Bonchev–Trinajstić information content (AvgIpc) is 2.86. The highest BCUT2D eigenvalue weighted by atomic mass is 16.3. The molecule has 3 N–H and O–H groups in total. The van der Waals surface area contributed by atoms with Crippen LogP contribution in [0.5, 0.6) is 0 Å². The first-order valence-corrected chi connectivity index (χ1v) is 4.71. The van der Waals surface area contributed by atoms with Gasteiger partial charge in [0.05, 0.1) is 6.04 Å². The van der Waals surface area contributed by atoms with Gasteiger partial charge in [0.25, 0.3) is 5.91 Å². The average molecular weight is 208 g/mol. The number of allylic oxidation sites excluding steroid dienone is 1. The monoisotopic (exact) mass is 208 g/mol. The molecule has 2 atom stereocenters. The number of primary amides is 1. The fraction of sp³-hybridized carbons (Fsp3) is 0.444. The lowest BCUT2D eigenvalue weighted by molar-refractivity contribution is 0.0990. The van der Waals surface area contributed by atoms with Gasteiger partial charge in [-0.05, 0) is 6.42 Å². The Morgan fingerprint density at radius 3 is 3.00 bits per heavy atom. The Kier molecular flexibility index (Phi) is 2.51. The second-order valence-corrected chi connectivity index (χ2v) is 3.54. The lowest BCUT2D eigenvalue weighted by Crippen LogP contribution is -2.15. The van der Waals surface area contributed by atoms with E-state index in [1.54, 1.807) is 4.68 Å². The molecule has 2 rings (SSSR count). The molecule has 1 aliphatic carbocycles. The van der Waals surface area contributed by atoms with Gasteiger partial charge in [-0.1, -0.05) is 12.2 Å². The fourth-order valence-corrected chi connectivity index (χ4v) is 1.63. The highest BCUT2D eigenvalue weighted by Gasteiger charge is 2.21. The van der Waals surface area contributed by atoms with Crippen molar-refractivity contribution in [3.8, 4) is 0 Å². The summed E-state index contributed by atoms with van der Waals surface area (Å²) in [5.41, 5.74) is 5.04. The van der Waals surface area contributed by atoms with Crippen LogP contribution in [0.15, 0.2) is 18.5 Å². The number of rotatable bonds is 3. The first-order valence-electron chi connectivity index (χ1n) is 4.71. The molecule has 1 amide bonds. The first kappa shape index (κ1) is 9.85. The van der Waals surface area contributed by atoms with E-state index in [1.165, 1.54) is 6.33 Å². The molecule has 1 aromatic heterocycles. The minimum absolute atomic E-state index is 0.0239. The van der Waals surface area contributed by atoms with Crippen molar-refractivity contribution in [1.29, 1.82) is 0 Å². The molecule has 0 aromatic carbocycles. The number of aliphatic hydroxyl groups excluding tert-OH is 1. The number of nitrogens with zero attached hydrogens (tertiary/aromatic N) is 3. The number of amides is 1. The zero-order valence-electron chi connectivity index (χ0n) is 8.08. The second-order valence-electron chi connectivity index (χ2n) is 3.54. The summed E-state index contributed by atoms with van der Waals surface area (Å²) in [6, 6.07) is 0.0581. The maximum atomic E-state index is 10.8. The van der Waals surface area contributed by atoms with Crippen molar-refractivity contribution in [3.05, 3.63) is 24.3 Å². The number of nitrogens with two attached hydrogens (primary N) is 1. The summed E-state index contributed by atoms with van der Waals surface area (Å²) in [5, 5.41) is 12.9. The van der Waals surface area contributed by atoms with Crippen LogP contribution in [-0.2, 0) is 0 Å². The molecular weight excluding hydrogens is 196 g/mol. The number of aromatic nitrogens is 3. The van der Waals surface area contributed by atoms with Gasteiger partial charge < -0.3 is 10.8 Å². The largest absolute Gasteiger partial charge is 0.396 e. The molecule has 1 heterocycles. The molecule has 0 spiro atoms. The third-order valence-electron chi connectivity index (χ3n) is 2.45. The van der Waals surface area contributed by atoms with E-state index in [1.807, 2.05) is 12.2 Å². The second kappa shape index (κ2) is 3.82. The summed E-state index contributed by atoms with van der Waals surface area (Å²) in [5.74, 6) is -0.443. The van der Waals surface area contributed by atoms with Crippen LogP contribution < -0.4 is 5.73 Å². The van der Waals surface area contributed by atoms with Crippen LogP contribution in [0, 0.1) is 5.92 Å². The van der Waals surface area contributed by atoms with E-state index in [2.05, 4.69) is 10.1 Å². The van der Waals surface area contributed by atoms with Crippen molar-refractivity contribution in [2.45, 2.75) is 12.5 Å². The molecule has 0 radical (unpaired) electrons. The van der Waals surface area contributed by atoms with Crippen LogP contribution in [0.1, 0.15) is 23.1 Å². The van der Waals surface area contributed by atoms with Crippen LogP contribution in [0.25, 0.3) is 0 Å². The lowest BCUT2D eigenvalue weighted by Gasteiger charge is -2.09. The Labute approximate surface area is 86.4 Å². The SMILES string of the molecule is NC(=O)c1ncn([C@H]2C=C[C@@H](CO)C2)n1. The molecule has 1 aromatic rings. The van der Waals surface area contributed by atoms with Gasteiger partial charge in [-0.3, -0.25) is 4.79 Å². The maximum absolute atomic E-state index is 10.8. The third kappa shape index (κ3) is 1.89.